The number of benzene rings is 1. The van der Waals surface area contributed by atoms with Crippen LogP contribution in [-0.2, 0) is 17.8 Å². The van der Waals surface area contributed by atoms with Crippen LogP contribution in [0.15, 0.2) is 12.1 Å². The van der Waals surface area contributed by atoms with Gasteiger partial charge in [-0.3, -0.25) is 4.79 Å². The van der Waals surface area contributed by atoms with Crippen molar-refractivity contribution in [3.8, 4) is 5.75 Å². The molecule has 2 aliphatic heterocycles. The predicted octanol–water partition coefficient (Wildman–Crippen LogP) is 1.64. The summed E-state index contributed by atoms with van der Waals surface area (Å²) in [7, 11) is 0. The molecule has 1 fully saturated rings. The third kappa shape index (κ3) is 2.85. The van der Waals surface area contributed by atoms with Gasteiger partial charge in [-0.15, -0.1) is 0 Å². The Kier molecular flexibility index (Phi) is 3.62. The van der Waals surface area contributed by atoms with E-state index in [1.807, 2.05) is 12.1 Å². The van der Waals surface area contributed by atoms with Crippen LogP contribution in [0.1, 0.15) is 24.0 Å². The van der Waals surface area contributed by atoms with Crippen LogP contribution in [0.25, 0.3) is 0 Å². The number of halogens is 1. The minimum absolute atomic E-state index is 0.152. The molecule has 3 rings (SSSR count). The molecular formula is C14H17ClN2O2. The molecule has 1 aromatic rings. The average molecular weight is 281 g/mol. The van der Waals surface area contributed by atoms with Gasteiger partial charge in [0.25, 0.3) is 0 Å². The first-order valence-corrected chi connectivity index (χ1v) is 7.04. The van der Waals surface area contributed by atoms with Gasteiger partial charge in [-0.25, -0.2) is 0 Å². The number of ether oxygens (including phenoxy) is 1. The van der Waals surface area contributed by atoms with E-state index < -0.39 is 0 Å². The lowest BCUT2D eigenvalue weighted by Gasteiger charge is -2.13. The van der Waals surface area contributed by atoms with E-state index in [1.54, 1.807) is 0 Å². The largest absolute Gasteiger partial charge is 0.493 e. The molecular weight excluding hydrogens is 264 g/mol. The summed E-state index contributed by atoms with van der Waals surface area (Å²) < 4.78 is 5.66. The molecule has 0 aromatic heterocycles. The van der Waals surface area contributed by atoms with Crippen molar-refractivity contribution in [3.63, 3.8) is 0 Å². The number of carbonyl (C=O) groups is 1. The third-order valence-electron chi connectivity index (χ3n) is 3.62. The van der Waals surface area contributed by atoms with Gasteiger partial charge in [-0.1, -0.05) is 11.6 Å². The van der Waals surface area contributed by atoms with Gasteiger partial charge in [0.05, 0.1) is 6.61 Å². The monoisotopic (exact) mass is 280 g/mol. The lowest BCUT2D eigenvalue weighted by Crippen LogP contribution is -2.35. The van der Waals surface area contributed by atoms with E-state index in [4.69, 9.17) is 16.3 Å². The van der Waals surface area contributed by atoms with Gasteiger partial charge in [0.1, 0.15) is 5.75 Å². The molecule has 0 radical (unpaired) electrons. The number of rotatable bonds is 4. The van der Waals surface area contributed by atoms with Crippen molar-refractivity contribution in [1.82, 2.24) is 10.6 Å². The highest BCUT2D eigenvalue weighted by atomic mass is 35.5. The highest BCUT2D eigenvalue weighted by Crippen LogP contribution is 2.32. The highest BCUT2D eigenvalue weighted by Gasteiger charge is 2.21. The van der Waals surface area contributed by atoms with Gasteiger partial charge in [-0.2, -0.15) is 0 Å². The molecule has 0 saturated carbocycles. The van der Waals surface area contributed by atoms with Crippen molar-refractivity contribution in [2.75, 3.05) is 13.2 Å². The smallest absolute Gasteiger partial charge is 0.220 e. The van der Waals surface area contributed by atoms with Gasteiger partial charge >= 0.3 is 0 Å². The predicted molar refractivity (Wildman–Crippen MR) is 73.5 cm³/mol. The Morgan fingerprint density at radius 1 is 1.42 bits per heavy atom. The topological polar surface area (TPSA) is 50.4 Å². The molecule has 102 valence electrons. The van der Waals surface area contributed by atoms with Crippen molar-refractivity contribution in [2.45, 2.75) is 31.8 Å². The number of carbonyl (C=O) groups excluding carboxylic acids is 1. The van der Waals surface area contributed by atoms with Crippen LogP contribution in [-0.4, -0.2) is 25.1 Å². The average Bonchev–Trinajstić information content (AvgIpc) is 2.98. The zero-order chi connectivity index (χ0) is 13.2. The summed E-state index contributed by atoms with van der Waals surface area (Å²) in [4.78, 5) is 11.1. The Morgan fingerprint density at radius 3 is 3.11 bits per heavy atom. The standard InChI is InChI=1S/C14H17ClN2O2/c15-11-5-9-3-4-19-14(9)10(6-11)7-16-8-12-1-2-13(18)17-12/h5-6,12,16H,1-4,7-8H2,(H,17,18). The lowest BCUT2D eigenvalue weighted by molar-refractivity contribution is -0.119. The Labute approximate surface area is 117 Å². The Morgan fingerprint density at radius 2 is 2.32 bits per heavy atom. The van der Waals surface area contributed by atoms with Crippen LogP contribution in [0.5, 0.6) is 5.75 Å². The van der Waals surface area contributed by atoms with Crippen LogP contribution in [0.3, 0.4) is 0 Å². The van der Waals surface area contributed by atoms with E-state index in [1.165, 1.54) is 5.56 Å². The number of amides is 1. The Balaban J connectivity index is 1.59. The molecule has 1 unspecified atom stereocenters. The fraction of sp³-hybridized carbons (Fsp3) is 0.500. The van der Waals surface area contributed by atoms with Gasteiger partial charge < -0.3 is 15.4 Å². The van der Waals surface area contributed by atoms with Crippen molar-refractivity contribution >= 4 is 17.5 Å². The van der Waals surface area contributed by atoms with Crippen LogP contribution in [0, 0.1) is 0 Å². The summed E-state index contributed by atoms with van der Waals surface area (Å²) in [5.41, 5.74) is 2.29. The fourth-order valence-corrected chi connectivity index (χ4v) is 2.95. The molecule has 5 heteroatoms. The zero-order valence-corrected chi connectivity index (χ0v) is 11.4. The molecule has 1 aromatic carbocycles. The maximum Gasteiger partial charge on any atom is 0.220 e. The number of fused-ring (bicyclic) bond motifs is 1. The molecule has 2 N–H and O–H groups in total. The maximum atomic E-state index is 11.1. The second-order valence-corrected chi connectivity index (χ2v) is 5.52. The fourth-order valence-electron chi connectivity index (χ4n) is 2.69. The number of hydrogen-bond donors (Lipinski definition) is 2. The van der Waals surface area contributed by atoms with Crippen LogP contribution >= 0.6 is 11.6 Å². The molecule has 1 amide bonds. The zero-order valence-electron chi connectivity index (χ0n) is 10.7. The molecule has 0 bridgehead atoms. The Hall–Kier alpha value is -1.26. The highest BCUT2D eigenvalue weighted by molar-refractivity contribution is 6.30. The summed E-state index contributed by atoms with van der Waals surface area (Å²) in [6.45, 7) is 2.24. The van der Waals surface area contributed by atoms with Crippen LogP contribution in [0.2, 0.25) is 5.02 Å². The second kappa shape index (κ2) is 5.39. The van der Waals surface area contributed by atoms with Crippen molar-refractivity contribution in [1.29, 1.82) is 0 Å². The van der Waals surface area contributed by atoms with Gasteiger partial charge in [-0.05, 0) is 24.1 Å². The van der Waals surface area contributed by atoms with Gasteiger partial charge in [0.2, 0.25) is 5.91 Å². The first-order valence-electron chi connectivity index (χ1n) is 6.66. The summed E-state index contributed by atoms with van der Waals surface area (Å²) >= 11 is 6.11. The van der Waals surface area contributed by atoms with Crippen molar-refractivity contribution in [3.05, 3.63) is 28.3 Å². The van der Waals surface area contributed by atoms with Gasteiger partial charge in [0, 0.05) is 42.6 Å². The third-order valence-corrected chi connectivity index (χ3v) is 3.83. The van der Waals surface area contributed by atoms with Crippen LogP contribution in [0.4, 0.5) is 0 Å². The number of hydrogen-bond acceptors (Lipinski definition) is 3. The van der Waals surface area contributed by atoms with E-state index in [0.29, 0.717) is 6.42 Å². The summed E-state index contributed by atoms with van der Waals surface area (Å²) in [5.74, 6) is 1.13. The van der Waals surface area contributed by atoms with E-state index >= 15 is 0 Å². The minimum Gasteiger partial charge on any atom is -0.493 e. The molecule has 2 heterocycles. The van der Waals surface area contributed by atoms with E-state index in [0.717, 1.165) is 48.9 Å². The normalized spacial score (nSPS) is 21.1. The molecule has 1 atom stereocenters. The number of nitrogens with one attached hydrogen (secondary N) is 2. The Bertz CT molecular complexity index is 504. The quantitative estimate of drug-likeness (QED) is 0.882. The van der Waals surface area contributed by atoms with Crippen molar-refractivity contribution < 1.29 is 9.53 Å². The van der Waals surface area contributed by atoms with Gasteiger partial charge in [0.15, 0.2) is 0 Å². The molecule has 2 aliphatic rings. The summed E-state index contributed by atoms with van der Waals surface area (Å²) in [5, 5.41) is 7.07. The minimum atomic E-state index is 0.152. The summed E-state index contributed by atoms with van der Waals surface area (Å²) in [6.07, 6.45) is 2.49. The molecule has 1 saturated heterocycles. The van der Waals surface area contributed by atoms with E-state index in [9.17, 15) is 4.79 Å². The van der Waals surface area contributed by atoms with Crippen molar-refractivity contribution in [2.24, 2.45) is 0 Å². The first kappa shape index (κ1) is 12.8. The van der Waals surface area contributed by atoms with E-state index in [-0.39, 0.29) is 11.9 Å². The first-order chi connectivity index (χ1) is 9.22. The van der Waals surface area contributed by atoms with Crippen LogP contribution < -0.4 is 15.4 Å². The second-order valence-electron chi connectivity index (χ2n) is 5.09. The van der Waals surface area contributed by atoms with E-state index in [2.05, 4.69) is 10.6 Å². The maximum absolute atomic E-state index is 11.1. The lowest BCUT2D eigenvalue weighted by atomic mass is 10.1. The SMILES string of the molecule is O=C1CCC(CNCc2cc(Cl)cc3c2OCC3)N1. The molecule has 19 heavy (non-hydrogen) atoms. The molecule has 0 aliphatic carbocycles. The molecule has 0 spiro atoms. The molecule has 4 nitrogen and oxygen atoms in total. The summed E-state index contributed by atoms with van der Waals surface area (Å²) in [6, 6.07) is 4.18.